The van der Waals surface area contributed by atoms with E-state index in [4.69, 9.17) is 10.8 Å². The van der Waals surface area contributed by atoms with Crippen molar-refractivity contribution in [1.29, 1.82) is 0 Å². The van der Waals surface area contributed by atoms with Crippen LogP contribution >= 0.6 is 12.6 Å². The Balaban J connectivity index is 4.92. The normalized spacial score (nSPS) is 15.4. The van der Waals surface area contributed by atoms with E-state index in [9.17, 15) is 14.4 Å². The Kier molecular flexibility index (Phi) is 8.34. The molecule has 0 aromatic rings. The molecule has 7 nitrogen and oxygen atoms in total. The largest absolute Gasteiger partial charge is 0.480 e. The number of carboxylic acid groups (broad SMARTS) is 1. The van der Waals surface area contributed by atoms with E-state index < -0.39 is 35.9 Å². The summed E-state index contributed by atoms with van der Waals surface area (Å²) in [5.74, 6) is -2.46. The maximum absolute atomic E-state index is 12.2. The minimum Gasteiger partial charge on any atom is -0.480 e. The Morgan fingerprint density at radius 3 is 1.76 bits per heavy atom. The van der Waals surface area contributed by atoms with Crippen LogP contribution in [0.3, 0.4) is 0 Å². The van der Waals surface area contributed by atoms with Gasteiger partial charge in [0.15, 0.2) is 0 Å². The second-order valence-corrected chi connectivity index (χ2v) is 5.95. The van der Waals surface area contributed by atoms with Gasteiger partial charge in [0, 0.05) is 5.75 Å². The van der Waals surface area contributed by atoms with Crippen molar-refractivity contribution in [2.75, 3.05) is 5.75 Å². The van der Waals surface area contributed by atoms with Gasteiger partial charge in [0.25, 0.3) is 0 Å². The molecular formula is C13H25N3O4S. The van der Waals surface area contributed by atoms with Crippen LogP contribution in [0.2, 0.25) is 0 Å². The quantitative estimate of drug-likeness (QED) is 0.390. The van der Waals surface area contributed by atoms with Crippen LogP contribution in [0, 0.1) is 11.8 Å². The summed E-state index contributed by atoms with van der Waals surface area (Å²) in [5, 5.41) is 14.1. The topological polar surface area (TPSA) is 122 Å². The first-order chi connectivity index (χ1) is 9.61. The van der Waals surface area contributed by atoms with Gasteiger partial charge in [-0.2, -0.15) is 12.6 Å². The fraction of sp³-hybridized carbons (Fsp3) is 0.769. The molecule has 122 valence electrons. The van der Waals surface area contributed by atoms with Crippen molar-refractivity contribution in [2.45, 2.75) is 45.8 Å². The maximum Gasteiger partial charge on any atom is 0.326 e. The van der Waals surface area contributed by atoms with E-state index in [1.807, 2.05) is 0 Å². The third kappa shape index (κ3) is 6.34. The summed E-state index contributed by atoms with van der Waals surface area (Å²) >= 11 is 3.93. The first kappa shape index (κ1) is 19.7. The van der Waals surface area contributed by atoms with Gasteiger partial charge < -0.3 is 21.5 Å². The molecule has 0 aliphatic rings. The summed E-state index contributed by atoms with van der Waals surface area (Å²) in [7, 11) is 0. The fourth-order valence-electron chi connectivity index (χ4n) is 1.63. The monoisotopic (exact) mass is 319 g/mol. The minimum absolute atomic E-state index is 0.155. The molecule has 5 N–H and O–H groups in total. The molecule has 21 heavy (non-hydrogen) atoms. The summed E-state index contributed by atoms with van der Waals surface area (Å²) in [4.78, 5) is 35.1. The summed E-state index contributed by atoms with van der Waals surface area (Å²) in [5.41, 5.74) is 5.55. The zero-order chi connectivity index (χ0) is 16.7. The highest BCUT2D eigenvalue weighted by Gasteiger charge is 2.30. The number of thiol groups is 1. The standard InChI is InChI=1S/C13H25N3O4S/c1-6(2)9(15-11(17)8(14)5-21)12(18)16-10(7(3)4)13(19)20/h6-10,21H,5,14H2,1-4H3,(H,15,17)(H,16,18)(H,19,20). The van der Waals surface area contributed by atoms with Gasteiger partial charge in [-0.1, -0.05) is 27.7 Å². The second-order valence-electron chi connectivity index (χ2n) is 5.59. The van der Waals surface area contributed by atoms with Gasteiger partial charge in [0.1, 0.15) is 12.1 Å². The number of amides is 2. The number of carbonyl (C=O) groups excluding carboxylic acids is 2. The third-order valence-electron chi connectivity index (χ3n) is 3.01. The van der Waals surface area contributed by atoms with Crippen LogP contribution in [-0.2, 0) is 14.4 Å². The lowest BCUT2D eigenvalue weighted by Crippen LogP contribution is -2.57. The van der Waals surface area contributed by atoms with Gasteiger partial charge in [0.05, 0.1) is 6.04 Å². The number of hydrogen-bond donors (Lipinski definition) is 5. The van der Waals surface area contributed by atoms with Crippen molar-refractivity contribution in [3.63, 3.8) is 0 Å². The SMILES string of the molecule is CC(C)C(NC(=O)C(NC(=O)C(N)CS)C(C)C)C(=O)O. The van der Waals surface area contributed by atoms with Crippen LogP contribution in [0.5, 0.6) is 0 Å². The number of aliphatic carboxylic acids is 1. The molecule has 3 atom stereocenters. The summed E-state index contributed by atoms with van der Waals surface area (Å²) in [6, 6.07) is -2.67. The van der Waals surface area contributed by atoms with E-state index in [0.717, 1.165) is 0 Å². The van der Waals surface area contributed by atoms with Crippen molar-refractivity contribution in [2.24, 2.45) is 17.6 Å². The molecule has 0 saturated heterocycles. The van der Waals surface area contributed by atoms with Gasteiger partial charge in [-0.3, -0.25) is 9.59 Å². The molecule has 8 heteroatoms. The van der Waals surface area contributed by atoms with Gasteiger partial charge in [-0.25, -0.2) is 4.79 Å². The molecule has 0 aromatic heterocycles. The molecule has 0 radical (unpaired) electrons. The number of carboxylic acids is 1. The Bertz CT molecular complexity index is 388. The average molecular weight is 319 g/mol. The van der Waals surface area contributed by atoms with Crippen molar-refractivity contribution in [3.05, 3.63) is 0 Å². The van der Waals surface area contributed by atoms with Gasteiger partial charge in [-0.05, 0) is 11.8 Å². The van der Waals surface area contributed by atoms with Crippen molar-refractivity contribution >= 4 is 30.4 Å². The highest BCUT2D eigenvalue weighted by Crippen LogP contribution is 2.06. The lowest BCUT2D eigenvalue weighted by atomic mass is 10.00. The maximum atomic E-state index is 12.2. The Morgan fingerprint density at radius 2 is 1.43 bits per heavy atom. The van der Waals surface area contributed by atoms with Gasteiger partial charge in [0.2, 0.25) is 11.8 Å². The lowest BCUT2D eigenvalue weighted by Gasteiger charge is -2.26. The molecule has 0 aliphatic carbocycles. The van der Waals surface area contributed by atoms with Crippen LogP contribution in [-0.4, -0.2) is 46.8 Å². The second kappa shape index (κ2) is 8.89. The highest BCUT2D eigenvalue weighted by atomic mass is 32.1. The first-order valence-corrected chi connectivity index (χ1v) is 7.45. The zero-order valence-electron chi connectivity index (χ0n) is 12.8. The van der Waals surface area contributed by atoms with Gasteiger partial charge in [-0.15, -0.1) is 0 Å². The third-order valence-corrected chi connectivity index (χ3v) is 3.40. The molecule has 0 bridgehead atoms. The van der Waals surface area contributed by atoms with Crippen molar-refractivity contribution < 1.29 is 19.5 Å². The number of nitrogens with two attached hydrogens (primary N) is 1. The number of rotatable bonds is 8. The molecule has 2 amide bonds. The molecule has 0 spiro atoms. The van der Waals surface area contributed by atoms with Crippen LogP contribution < -0.4 is 16.4 Å². The predicted octanol–water partition coefficient (Wildman–Crippen LogP) is -0.390. The molecule has 0 rings (SSSR count). The van der Waals surface area contributed by atoms with E-state index in [0.29, 0.717) is 0 Å². The number of hydrogen-bond acceptors (Lipinski definition) is 5. The number of carbonyl (C=O) groups is 3. The summed E-state index contributed by atoms with van der Waals surface area (Å²) in [6.07, 6.45) is 0. The van der Waals surface area contributed by atoms with E-state index >= 15 is 0 Å². The van der Waals surface area contributed by atoms with E-state index in [1.54, 1.807) is 27.7 Å². The molecule has 0 aliphatic heterocycles. The molecule has 0 fully saturated rings. The van der Waals surface area contributed by atoms with Crippen LogP contribution in [0.15, 0.2) is 0 Å². The molecule has 0 aromatic carbocycles. The summed E-state index contributed by atoms with van der Waals surface area (Å²) in [6.45, 7) is 6.89. The number of nitrogens with one attached hydrogen (secondary N) is 2. The van der Waals surface area contributed by atoms with Crippen molar-refractivity contribution in [1.82, 2.24) is 10.6 Å². The minimum atomic E-state index is -1.11. The highest BCUT2D eigenvalue weighted by molar-refractivity contribution is 7.80. The smallest absolute Gasteiger partial charge is 0.326 e. The first-order valence-electron chi connectivity index (χ1n) is 6.81. The zero-order valence-corrected chi connectivity index (χ0v) is 13.7. The average Bonchev–Trinajstić information content (AvgIpc) is 2.39. The predicted molar refractivity (Wildman–Crippen MR) is 83.0 cm³/mol. The van der Waals surface area contributed by atoms with Crippen molar-refractivity contribution in [3.8, 4) is 0 Å². The Morgan fingerprint density at radius 1 is 1.00 bits per heavy atom. The van der Waals surface area contributed by atoms with E-state index in [2.05, 4.69) is 23.3 Å². The van der Waals surface area contributed by atoms with Crippen LogP contribution in [0.4, 0.5) is 0 Å². The van der Waals surface area contributed by atoms with Crippen LogP contribution in [0.1, 0.15) is 27.7 Å². The molecular weight excluding hydrogens is 294 g/mol. The Hall–Kier alpha value is -1.28. The summed E-state index contributed by atoms with van der Waals surface area (Å²) < 4.78 is 0. The van der Waals surface area contributed by atoms with Crippen LogP contribution in [0.25, 0.3) is 0 Å². The van der Waals surface area contributed by atoms with E-state index in [-0.39, 0.29) is 17.6 Å². The molecule has 0 heterocycles. The molecule has 3 unspecified atom stereocenters. The van der Waals surface area contributed by atoms with Gasteiger partial charge >= 0.3 is 5.97 Å². The fourth-order valence-corrected chi connectivity index (χ4v) is 1.80. The lowest BCUT2D eigenvalue weighted by molar-refractivity contribution is -0.143. The van der Waals surface area contributed by atoms with E-state index in [1.165, 1.54) is 0 Å². The Labute approximate surface area is 130 Å². The molecule has 0 saturated carbocycles.